The molecule has 6 nitrogen and oxygen atoms in total. The van der Waals surface area contributed by atoms with Crippen molar-refractivity contribution in [3.63, 3.8) is 0 Å². The van der Waals surface area contributed by atoms with Gasteiger partial charge in [-0.1, -0.05) is 18.2 Å². The van der Waals surface area contributed by atoms with Gasteiger partial charge >= 0.3 is 12.0 Å². The highest BCUT2D eigenvalue weighted by Crippen LogP contribution is 2.19. The van der Waals surface area contributed by atoms with Crippen LogP contribution in [-0.2, 0) is 4.79 Å². The maximum Gasteiger partial charge on any atom is 0.332 e. The predicted octanol–water partition coefficient (Wildman–Crippen LogP) is 1.37. The van der Waals surface area contributed by atoms with Crippen LogP contribution in [0.1, 0.15) is 18.9 Å². The molecule has 0 saturated carbocycles. The highest BCUT2D eigenvalue weighted by atomic mass is 16.4. The number of carboxylic acids is 1. The smallest absolute Gasteiger partial charge is 0.332 e. The first-order valence-corrected chi connectivity index (χ1v) is 6.49. The van der Waals surface area contributed by atoms with Crippen LogP contribution in [0.5, 0.6) is 0 Å². The molecule has 1 atom stereocenters. The number of hydrogen-bond donors (Lipinski definition) is 3. The maximum atomic E-state index is 12.1. The summed E-state index contributed by atoms with van der Waals surface area (Å²) < 4.78 is 0. The van der Waals surface area contributed by atoms with Crippen LogP contribution in [0.3, 0.4) is 0 Å². The number of rotatable bonds is 6. The maximum absolute atomic E-state index is 12.1. The number of amides is 2. The summed E-state index contributed by atoms with van der Waals surface area (Å²) in [5, 5.41) is 20.3. The first-order chi connectivity index (χ1) is 9.47. The van der Waals surface area contributed by atoms with Crippen LogP contribution in [0.2, 0.25) is 0 Å². The second-order valence-electron chi connectivity index (χ2n) is 4.41. The second kappa shape index (κ2) is 7.49. The fourth-order valence-corrected chi connectivity index (χ4v) is 1.82. The van der Waals surface area contributed by atoms with Crippen molar-refractivity contribution in [2.24, 2.45) is 0 Å². The van der Waals surface area contributed by atoms with Gasteiger partial charge in [-0.15, -0.1) is 0 Å². The SMILES string of the molecule is CCN(C(=O)NCC[C@H](O)C(=O)O)c1ccccc1C. The van der Waals surface area contributed by atoms with E-state index in [2.05, 4.69) is 5.32 Å². The molecule has 0 saturated heterocycles. The zero-order valence-electron chi connectivity index (χ0n) is 11.7. The molecule has 3 N–H and O–H groups in total. The standard InChI is InChI=1S/C14H20N2O4/c1-3-16(11-7-5-4-6-10(11)2)14(20)15-9-8-12(17)13(18)19/h4-7,12,17H,3,8-9H2,1-2H3,(H,15,20)(H,18,19)/t12-/m0/s1. The van der Waals surface area contributed by atoms with Gasteiger partial charge in [0.15, 0.2) is 6.10 Å². The highest BCUT2D eigenvalue weighted by molar-refractivity contribution is 5.92. The Morgan fingerprint density at radius 3 is 2.55 bits per heavy atom. The van der Waals surface area contributed by atoms with Crippen LogP contribution in [0.15, 0.2) is 24.3 Å². The lowest BCUT2D eigenvalue weighted by Crippen LogP contribution is -2.41. The number of aryl methyl sites for hydroxylation is 1. The van der Waals surface area contributed by atoms with Gasteiger partial charge in [-0.3, -0.25) is 4.90 Å². The van der Waals surface area contributed by atoms with E-state index >= 15 is 0 Å². The van der Waals surface area contributed by atoms with Crippen molar-refractivity contribution in [2.45, 2.75) is 26.4 Å². The van der Waals surface area contributed by atoms with Crippen LogP contribution in [-0.4, -0.2) is 41.4 Å². The summed E-state index contributed by atoms with van der Waals surface area (Å²) in [6, 6.07) is 7.21. The summed E-state index contributed by atoms with van der Waals surface area (Å²) in [6.07, 6.45) is -1.48. The summed E-state index contributed by atoms with van der Waals surface area (Å²) in [6.45, 7) is 4.38. The summed E-state index contributed by atoms with van der Waals surface area (Å²) in [7, 11) is 0. The van der Waals surface area contributed by atoms with Gasteiger partial charge in [0, 0.05) is 25.2 Å². The lowest BCUT2D eigenvalue weighted by molar-refractivity contribution is -0.146. The Morgan fingerprint density at radius 1 is 1.35 bits per heavy atom. The van der Waals surface area contributed by atoms with Gasteiger partial charge in [0.2, 0.25) is 0 Å². The number of carbonyl (C=O) groups excluding carboxylic acids is 1. The molecule has 0 aromatic heterocycles. The van der Waals surface area contributed by atoms with Crippen molar-refractivity contribution in [1.29, 1.82) is 0 Å². The van der Waals surface area contributed by atoms with E-state index in [4.69, 9.17) is 10.2 Å². The molecule has 0 aliphatic heterocycles. The fourth-order valence-electron chi connectivity index (χ4n) is 1.82. The second-order valence-corrected chi connectivity index (χ2v) is 4.41. The van der Waals surface area contributed by atoms with E-state index in [0.29, 0.717) is 6.54 Å². The number of para-hydroxylation sites is 1. The average molecular weight is 280 g/mol. The molecule has 1 aromatic carbocycles. The quantitative estimate of drug-likeness (QED) is 0.734. The summed E-state index contributed by atoms with van der Waals surface area (Å²) in [5.41, 5.74) is 1.79. The van der Waals surface area contributed by atoms with Crippen LogP contribution in [0, 0.1) is 6.92 Å². The number of anilines is 1. The van der Waals surface area contributed by atoms with Crippen molar-refractivity contribution in [3.8, 4) is 0 Å². The van der Waals surface area contributed by atoms with Crippen LogP contribution < -0.4 is 10.2 Å². The molecular weight excluding hydrogens is 260 g/mol. The van der Waals surface area contributed by atoms with E-state index in [0.717, 1.165) is 11.3 Å². The van der Waals surface area contributed by atoms with E-state index < -0.39 is 12.1 Å². The van der Waals surface area contributed by atoms with Gasteiger partial charge in [-0.2, -0.15) is 0 Å². The van der Waals surface area contributed by atoms with E-state index in [1.807, 2.05) is 38.1 Å². The van der Waals surface area contributed by atoms with Gasteiger partial charge in [-0.25, -0.2) is 9.59 Å². The van der Waals surface area contributed by atoms with E-state index in [1.165, 1.54) is 0 Å². The molecule has 0 heterocycles. The summed E-state index contributed by atoms with van der Waals surface area (Å²) >= 11 is 0. The third-order valence-electron chi connectivity index (χ3n) is 2.95. The number of nitrogens with zero attached hydrogens (tertiary/aromatic N) is 1. The first-order valence-electron chi connectivity index (χ1n) is 6.49. The topological polar surface area (TPSA) is 89.9 Å². The zero-order valence-corrected chi connectivity index (χ0v) is 11.7. The number of nitrogens with one attached hydrogen (secondary N) is 1. The number of aliphatic hydroxyl groups excluding tert-OH is 1. The molecule has 0 radical (unpaired) electrons. The van der Waals surface area contributed by atoms with Crippen molar-refractivity contribution in [3.05, 3.63) is 29.8 Å². The molecule has 0 spiro atoms. The number of aliphatic hydroxyl groups is 1. The Labute approximate surface area is 118 Å². The molecule has 1 rings (SSSR count). The number of hydrogen-bond acceptors (Lipinski definition) is 3. The largest absolute Gasteiger partial charge is 0.479 e. The van der Waals surface area contributed by atoms with Crippen LogP contribution in [0.4, 0.5) is 10.5 Å². The first kappa shape index (κ1) is 16.0. The number of carboxylic acid groups (broad SMARTS) is 1. The van der Waals surface area contributed by atoms with Gasteiger partial charge in [0.05, 0.1) is 0 Å². The lowest BCUT2D eigenvalue weighted by atomic mass is 10.2. The molecule has 2 amide bonds. The molecule has 0 unspecified atom stereocenters. The molecule has 110 valence electrons. The number of aliphatic carboxylic acids is 1. The van der Waals surface area contributed by atoms with Crippen LogP contribution >= 0.6 is 0 Å². The molecule has 0 fully saturated rings. The van der Waals surface area contributed by atoms with Gasteiger partial charge in [0.1, 0.15) is 0 Å². The predicted molar refractivity (Wildman–Crippen MR) is 75.9 cm³/mol. The third-order valence-corrected chi connectivity index (χ3v) is 2.95. The van der Waals surface area contributed by atoms with Crippen molar-refractivity contribution in [1.82, 2.24) is 5.32 Å². The van der Waals surface area contributed by atoms with Gasteiger partial charge in [-0.05, 0) is 25.5 Å². The molecule has 20 heavy (non-hydrogen) atoms. The normalized spacial score (nSPS) is 11.8. The lowest BCUT2D eigenvalue weighted by Gasteiger charge is -2.23. The number of benzene rings is 1. The molecule has 1 aromatic rings. The Morgan fingerprint density at radius 2 is 2.00 bits per heavy atom. The fraction of sp³-hybridized carbons (Fsp3) is 0.429. The molecule has 0 aliphatic carbocycles. The minimum atomic E-state index is -1.45. The van der Waals surface area contributed by atoms with E-state index in [-0.39, 0.29) is 19.0 Å². The summed E-state index contributed by atoms with van der Waals surface area (Å²) in [5.74, 6) is -1.29. The Hall–Kier alpha value is -2.08. The van der Waals surface area contributed by atoms with Crippen molar-refractivity contribution >= 4 is 17.7 Å². The zero-order chi connectivity index (χ0) is 15.1. The Balaban J connectivity index is 2.60. The van der Waals surface area contributed by atoms with Gasteiger partial charge in [0.25, 0.3) is 0 Å². The van der Waals surface area contributed by atoms with Crippen molar-refractivity contribution in [2.75, 3.05) is 18.0 Å². The molecule has 6 heteroatoms. The third kappa shape index (κ3) is 4.24. The van der Waals surface area contributed by atoms with Crippen molar-refractivity contribution < 1.29 is 19.8 Å². The number of carbonyl (C=O) groups is 2. The minimum Gasteiger partial charge on any atom is -0.479 e. The molecule has 0 aliphatic rings. The molecule has 0 bridgehead atoms. The summed E-state index contributed by atoms with van der Waals surface area (Å²) in [4.78, 5) is 24.1. The Kier molecular flexibility index (Phi) is 5.99. The van der Waals surface area contributed by atoms with E-state index in [9.17, 15) is 9.59 Å². The monoisotopic (exact) mass is 280 g/mol. The number of urea groups is 1. The highest BCUT2D eigenvalue weighted by Gasteiger charge is 2.17. The van der Waals surface area contributed by atoms with Gasteiger partial charge < -0.3 is 15.5 Å². The average Bonchev–Trinajstić information content (AvgIpc) is 2.41. The van der Waals surface area contributed by atoms with Crippen LogP contribution in [0.25, 0.3) is 0 Å². The molecular formula is C14H20N2O4. The minimum absolute atomic E-state index is 0.0214. The van der Waals surface area contributed by atoms with E-state index in [1.54, 1.807) is 4.90 Å². The Bertz CT molecular complexity index is 476.